The predicted octanol–water partition coefficient (Wildman–Crippen LogP) is 2.90. The maximum Gasteiger partial charge on any atom is 0.264 e. The van der Waals surface area contributed by atoms with E-state index in [1.165, 1.54) is 25.2 Å². The summed E-state index contributed by atoms with van der Waals surface area (Å²) in [5.74, 6) is -2.64. The predicted molar refractivity (Wildman–Crippen MR) is 203 cm³/mol. The second kappa shape index (κ2) is 18.9. The van der Waals surface area contributed by atoms with Gasteiger partial charge in [-0.1, -0.05) is 44.2 Å². The number of halogens is 1. The van der Waals surface area contributed by atoms with Crippen LogP contribution in [0.15, 0.2) is 90.0 Å². The maximum atomic E-state index is 14.0. The molecule has 4 aromatic rings. The van der Waals surface area contributed by atoms with Gasteiger partial charge in [-0.25, -0.2) is 12.8 Å². The fraction of sp³-hybridized carbons (Fsp3) is 0.342. The lowest BCUT2D eigenvalue weighted by Gasteiger charge is -2.26. The molecule has 4 amide bonds. The highest BCUT2D eigenvalue weighted by Gasteiger charge is 2.28. The first-order valence-electron chi connectivity index (χ1n) is 17.5. The summed E-state index contributed by atoms with van der Waals surface area (Å²) in [6.45, 7) is 7.75. The van der Waals surface area contributed by atoms with Gasteiger partial charge in [0.1, 0.15) is 11.9 Å². The summed E-state index contributed by atoms with van der Waals surface area (Å²) in [7, 11) is -2.97. The Labute approximate surface area is 314 Å². The lowest BCUT2D eigenvalue weighted by molar-refractivity contribution is -0.130. The van der Waals surface area contributed by atoms with Gasteiger partial charge >= 0.3 is 0 Å². The summed E-state index contributed by atoms with van der Waals surface area (Å²) in [6, 6.07) is 17.3. The molecule has 288 valence electrons. The van der Waals surface area contributed by atoms with Crippen LogP contribution in [-0.2, 0) is 32.6 Å². The van der Waals surface area contributed by atoms with Crippen LogP contribution in [0.2, 0.25) is 0 Å². The highest BCUT2D eigenvalue weighted by Crippen LogP contribution is 2.25. The number of aromatic amines is 1. The zero-order chi connectivity index (χ0) is 39.4. The van der Waals surface area contributed by atoms with Crippen LogP contribution in [-0.4, -0.2) is 80.5 Å². The molecule has 1 aromatic heterocycles. The Morgan fingerprint density at radius 3 is 2.13 bits per heavy atom. The van der Waals surface area contributed by atoms with Crippen LogP contribution in [0.1, 0.15) is 59.7 Å². The zero-order valence-corrected chi connectivity index (χ0v) is 31.7. The van der Waals surface area contributed by atoms with Gasteiger partial charge in [0.2, 0.25) is 11.8 Å². The third-order valence-corrected chi connectivity index (χ3v) is 10.4. The first kappa shape index (κ1) is 41.2. The van der Waals surface area contributed by atoms with Crippen LogP contribution in [0.4, 0.5) is 10.1 Å². The van der Waals surface area contributed by atoms with Crippen molar-refractivity contribution >= 4 is 39.3 Å². The largest absolute Gasteiger partial charge is 0.355 e. The molecule has 0 aliphatic carbocycles. The van der Waals surface area contributed by atoms with Crippen molar-refractivity contribution in [2.75, 3.05) is 24.4 Å². The highest BCUT2D eigenvalue weighted by molar-refractivity contribution is 7.92. The smallest absolute Gasteiger partial charge is 0.264 e. The number of likely N-dealkylation sites (N-methyl/N-ethyl adjacent to an activating group) is 1. The molecular weight excluding hydrogens is 716 g/mol. The van der Waals surface area contributed by atoms with Crippen LogP contribution in [0.3, 0.4) is 0 Å². The van der Waals surface area contributed by atoms with E-state index in [0.29, 0.717) is 18.7 Å². The van der Waals surface area contributed by atoms with Gasteiger partial charge < -0.3 is 26.6 Å². The number of nitrogens with one attached hydrogen (secondary N) is 6. The molecule has 54 heavy (non-hydrogen) atoms. The van der Waals surface area contributed by atoms with Crippen molar-refractivity contribution in [1.82, 2.24) is 36.8 Å². The lowest BCUT2D eigenvalue weighted by atomic mass is 10.0. The van der Waals surface area contributed by atoms with Crippen LogP contribution in [0.5, 0.6) is 0 Å². The third kappa shape index (κ3) is 11.2. The van der Waals surface area contributed by atoms with Crippen LogP contribution >= 0.6 is 0 Å². The Hall–Kier alpha value is -5.61. The molecule has 0 aliphatic rings. The number of nitrogens with zero attached hydrogens (tertiary/aromatic N) is 2. The van der Waals surface area contributed by atoms with Gasteiger partial charge in [-0.15, -0.1) is 0 Å². The second-order valence-electron chi connectivity index (χ2n) is 13.1. The quantitative estimate of drug-likeness (QED) is 0.0891. The summed E-state index contributed by atoms with van der Waals surface area (Å²) in [5.41, 5.74) is 1.45. The minimum Gasteiger partial charge on any atom is -0.355 e. The van der Waals surface area contributed by atoms with Gasteiger partial charge in [0.15, 0.2) is 0 Å². The van der Waals surface area contributed by atoms with E-state index in [-0.39, 0.29) is 46.6 Å². The van der Waals surface area contributed by atoms with Gasteiger partial charge in [-0.2, -0.15) is 5.10 Å². The topological polar surface area (TPSA) is 194 Å². The number of rotatable bonds is 18. The number of carbonyl (C=O) groups is 4. The SMILES string of the molecule is CCNC(=O)[C@@H](NC(=O)[C@H](C)NC[C@H](Cc1ccccc1)NC(=O)c1cc(C(=O)NCc2cc[nH]n2)cc(N(C)S(=O)(=O)c2ccc(F)cc2)c1)C(C)C. The van der Waals surface area contributed by atoms with E-state index in [1.54, 1.807) is 26.1 Å². The van der Waals surface area contributed by atoms with E-state index in [9.17, 15) is 32.0 Å². The molecule has 3 aromatic carbocycles. The Kier molecular flexibility index (Phi) is 14.4. The number of sulfonamides is 1. The average molecular weight is 763 g/mol. The summed E-state index contributed by atoms with van der Waals surface area (Å²) in [6.07, 6.45) is 1.96. The number of H-pyrrole nitrogens is 1. The second-order valence-corrected chi connectivity index (χ2v) is 15.0. The molecule has 14 nitrogen and oxygen atoms in total. The Bertz CT molecular complexity index is 1990. The monoisotopic (exact) mass is 762 g/mol. The number of hydrogen-bond donors (Lipinski definition) is 6. The first-order chi connectivity index (χ1) is 25.7. The average Bonchev–Trinajstić information content (AvgIpc) is 3.68. The fourth-order valence-corrected chi connectivity index (χ4v) is 6.65. The standard InChI is InChI=1S/C38H47FN8O6S/c1-6-40-38(51)34(24(2)3)45-35(48)25(4)41-23-31(18-26-10-8-7-9-11-26)44-37(50)28-19-27(36(49)42-22-30-16-17-43-46-30)20-32(21-28)47(5)54(52,53)33-14-12-29(39)13-15-33/h7-17,19-21,24-25,31,34,41H,6,18,22-23H2,1-5H3,(H,40,51)(H,42,49)(H,43,46)(H,44,50)(H,45,48)/t25-,31-,34-/m0/s1. The normalized spacial score (nSPS) is 13.0. The van der Waals surface area contributed by atoms with Crippen molar-refractivity contribution < 1.29 is 32.0 Å². The Morgan fingerprint density at radius 2 is 1.52 bits per heavy atom. The third-order valence-electron chi connectivity index (χ3n) is 8.59. The number of aromatic nitrogens is 2. The van der Waals surface area contributed by atoms with Crippen molar-refractivity contribution in [2.45, 2.75) is 63.7 Å². The lowest BCUT2D eigenvalue weighted by Crippen LogP contribution is -2.55. The van der Waals surface area contributed by atoms with E-state index < -0.39 is 51.7 Å². The van der Waals surface area contributed by atoms with Gasteiger partial charge in [0.05, 0.1) is 28.9 Å². The molecule has 0 unspecified atom stereocenters. The van der Waals surface area contributed by atoms with Crippen LogP contribution in [0, 0.1) is 11.7 Å². The van der Waals surface area contributed by atoms with Gasteiger partial charge in [-0.3, -0.25) is 28.6 Å². The van der Waals surface area contributed by atoms with Gasteiger partial charge in [-0.05, 0) is 80.3 Å². The van der Waals surface area contributed by atoms with Crippen molar-refractivity contribution in [3.63, 3.8) is 0 Å². The van der Waals surface area contributed by atoms with Crippen molar-refractivity contribution in [1.29, 1.82) is 0 Å². The molecule has 0 saturated carbocycles. The van der Waals surface area contributed by atoms with Crippen molar-refractivity contribution in [2.24, 2.45) is 5.92 Å². The Morgan fingerprint density at radius 1 is 0.852 bits per heavy atom. The number of benzene rings is 3. The molecule has 0 saturated heterocycles. The number of carbonyl (C=O) groups excluding carboxylic acids is 4. The van der Waals surface area contributed by atoms with Crippen molar-refractivity contribution in [3.05, 3.63) is 113 Å². The minimum absolute atomic E-state index is 0.00388. The number of anilines is 1. The molecule has 0 bridgehead atoms. The summed E-state index contributed by atoms with van der Waals surface area (Å²) in [5, 5.41) is 21.1. The molecule has 0 radical (unpaired) electrons. The van der Waals surface area contributed by atoms with E-state index in [1.807, 2.05) is 44.2 Å². The highest BCUT2D eigenvalue weighted by atomic mass is 32.2. The molecule has 3 atom stereocenters. The van der Waals surface area contributed by atoms with E-state index in [0.717, 1.165) is 34.1 Å². The summed E-state index contributed by atoms with van der Waals surface area (Å²) < 4.78 is 41.7. The van der Waals surface area contributed by atoms with E-state index in [4.69, 9.17) is 0 Å². The molecule has 16 heteroatoms. The molecule has 0 aliphatic heterocycles. The Balaban J connectivity index is 1.61. The molecule has 4 rings (SSSR count). The van der Waals surface area contributed by atoms with Gasteiger partial charge in [0.25, 0.3) is 21.8 Å². The number of amides is 4. The first-order valence-corrected chi connectivity index (χ1v) is 19.0. The minimum atomic E-state index is -4.24. The molecule has 6 N–H and O–H groups in total. The maximum absolute atomic E-state index is 14.0. The summed E-state index contributed by atoms with van der Waals surface area (Å²) >= 11 is 0. The van der Waals surface area contributed by atoms with Crippen LogP contribution < -0.4 is 30.9 Å². The fourth-order valence-electron chi connectivity index (χ4n) is 5.47. The molecule has 0 spiro atoms. The van der Waals surface area contributed by atoms with Crippen molar-refractivity contribution in [3.8, 4) is 0 Å². The van der Waals surface area contributed by atoms with E-state index >= 15 is 0 Å². The zero-order valence-electron chi connectivity index (χ0n) is 30.9. The molecule has 1 heterocycles. The van der Waals surface area contributed by atoms with Gasteiger partial charge in [0, 0.05) is 43.5 Å². The van der Waals surface area contributed by atoms with E-state index in [2.05, 4.69) is 36.8 Å². The molecular formula is C38H47FN8O6S. The van der Waals surface area contributed by atoms with Crippen LogP contribution in [0.25, 0.3) is 0 Å². The molecule has 0 fully saturated rings. The summed E-state index contributed by atoms with van der Waals surface area (Å²) in [4.78, 5) is 52.9. The number of hydrogen-bond acceptors (Lipinski definition) is 8.